The molecule has 2 heterocycles. The molecular formula is C20H18N4O2. The van der Waals surface area contributed by atoms with Crippen LogP contribution in [-0.4, -0.2) is 29.2 Å². The molecule has 26 heavy (non-hydrogen) atoms. The number of methoxy groups -OCH3 is 2. The molecule has 0 fully saturated rings. The van der Waals surface area contributed by atoms with Gasteiger partial charge in [0.15, 0.2) is 17.3 Å². The van der Waals surface area contributed by atoms with Crippen LogP contribution in [0.25, 0.3) is 22.4 Å². The van der Waals surface area contributed by atoms with Gasteiger partial charge in [-0.05, 0) is 18.2 Å². The molecule has 0 unspecified atom stereocenters. The lowest BCUT2D eigenvalue weighted by molar-refractivity contribution is 0.355. The Morgan fingerprint density at radius 2 is 1.73 bits per heavy atom. The first-order chi connectivity index (χ1) is 12.8. The fourth-order valence-electron chi connectivity index (χ4n) is 2.81. The lowest BCUT2D eigenvalue weighted by atomic mass is 10.2. The highest BCUT2D eigenvalue weighted by Crippen LogP contribution is 2.32. The van der Waals surface area contributed by atoms with Crippen molar-refractivity contribution in [2.45, 2.75) is 0 Å². The summed E-state index contributed by atoms with van der Waals surface area (Å²) in [4.78, 5) is 12.5. The number of benzene rings is 2. The molecule has 0 amide bonds. The first-order valence-electron chi connectivity index (χ1n) is 8.17. The van der Waals surface area contributed by atoms with Gasteiger partial charge in [0, 0.05) is 23.5 Å². The van der Waals surface area contributed by atoms with Gasteiger partial charge in [0.05, 0.1) is 19.7 Å². The second-order valence-electron chi connectivity index (χ2n) is 5.70. The molecule has 2 aromatic carbocycles. The Kier molecular flexibility index (Phi) is 4.15. The van der Waals surface area contributed by atoms with E-state index in [1.54, 1.807) is 20.4 Å². The van der Waals surface area contributed by atoms with Gasteiger partial charge in [-0.1, -0.05) is 30.3 Å². The largest absolute Gasteiger partial charge is 0.493 e. The minimum Gasteiger partial charge on any atom is -0.493 e. The van der Waals surface area contributed by atoms with Gasteiger partial charge < -0.3 is 19.8 Å². The number of aromatic amines is 1. The molecule has 0 saturated heterocycles. The number of aromatic nitrogens is 3. The van der Waals surface area contributed by atoms with Gasteiger partial charge in [-0.25, -0.2) is 9.97 Å². The number of imidazole rings is 1. The zero-order valence-electron chi connectivity index (χ0n) is 14.5. The van der Waals surface area contributed by atoms with Crippen molar-refractivity contribution in [3.05, 3.63) is 60.8 Å². The van der Waals surface area contributed by atoms with Gasteiger partial charge in [0.1, 0.15) is 11.3 Å². The van der Waals surface area contributed by atoms with Crippen molar-refractivity contribution in [3.63, 3.8) is 0 Å². The van der Waals surface area contributed by atoms with Crippen LogP contribution in [0.2, 0.25) is 0 Å². The van der Waals surface area contributed by atoms with Crippen LogP contribution in [0.4, 0.5) is 11.5 Å². The number of H-pyrrole nitrogens is 1. The topological polar surface area (TPSA) is 72.1 Å². The molecule has 4 rings (SSSR count). The highest BCUT2D eigenvalue weighted by atomic mass is 16.5. The minimum atomic E-state index is 0.650. The molecule has 2 N–H and O–H groups in total. The highest BCUT2D eigenvalue weighted by Gasteiger charge is 2.11. The van der Waals surface area contributed by atoms with Crippen molar-refractivity contribution in [1.29, 1.82) is 0 Å². The number of hydrogen-bond acceptors (Lipinski definition) is 5. The number of nitrogens with zero attached hydrogens (tertiary/aromatic N) is 2. The molecule has 130 valence electrons. The van der Waals surface area contributed by atoms with E-state index in [1.165, 1.54) is 0 Å². The third-order valence-electron chi connectivity index (χ3n) is 4.09. The van der Waals surface area contributed by atoms with Gasteiger partial charge in [-0.2, -0.15) is 0 Å². The number of pyridine rings is 1. The predicted octanol–water partition coefficient (Wildman–Crippen LogP) is 4.39. The minimum absolute atomic E-state index is 0.650. The first kappa shape index (κ1) is 16.0. The Bertz CT molecular complexity index is 1040. The highest BCUT2D eigenvalue weighted by molar-refractivity contribution is 5.90. The normalized spacial score (nSPS) is 10.7. The molecule has 0 aliphatic carbocycles. The average Bonchev–Trinajstić information content (AvgIpc) is 3.14. The fraction of sp³-hybridized carbons (Fsp3) is 0.100. The molecule has 6 heteroatoms. The quantitative estimate of drug-likeness (QED) is 0.561. The Hall–Kier alpha value is -3.54. The zero-order valence-corrected chi connectivity index (χ0v) is 14.5. The fourth-order valence-corrected chi connectivity index (χ4v) is 2.81. The lowest BCUT2D eigenvalue weighted by Gasteiger charge is -2.11. The Morgan fingerprint density at radius 3 is 2.50 bits per heavy atom. The van der Waals surface area contributed by atoms with Crippen molar-refractivity contribution in [2.75, 3.05) is 19.5 Å². The summed E-state index contributed by atoms with van der Waals surface area (Å²) in [5.41, 5.74) is 3.57. The van der Waals surface area contributed by atoms with Crippen LogP contribution in [-0.2, 0) is 0 Å². The molecule has 2 aromatic heterocycles. The monoisotopic (exact) mass is 346 g/mol. The third-order valence-corrected chi connectivity index (χ3v) is 4.09. The summed E-state index contributed by atoms with van der Waals surface area (Å²) in [7, 11) is 3.22. The maximum Gasteiger partial charge on any atom is 0.162 e. The van der Waals surface area contributed by atoms with Gasteiger partial charge >= 0.3 is 0 Å². The van der Waals surface area contributed by atoms with E-state index in [9.17, 15) is 0 Å². The molecule has 0 bridgehead atoms. The summed E-state index contributed by atoms with van der Waals surface area (Å²) >= 11 is 0. The van der Waals surface area contributed by atoms with E-state index in [-0.39, 0.29) is 0 Å². The maximum atomic E-state index is 5.36. The summed E-state index contributed by atoms with van der Waals surface area (Å²) in [6.45, 7) is 0. The Balaban J connectivity index is 1.72. The number of anilines is 2. The van der Waals surface area contributed by atoms with E-state index < -0.39 is 0 Å². The summed E-state index contributed by atoms with van der Waals surface area (Å²) in [5, 5.41) is 3.31. The summed E-state index contributed by atoms with van der Waals surface area (Å²) in [5.74, 6) is 2.81. The van der Waals surface area contributed by atoms with Crippen LogP contribution in [0, 0.1) is 0 Å². The van der Waals surface area contributed by atoms with E-state index in [0.717, 1.165) is 28.1 Å². The number of rotatable bonds is 5. The van der Waals surface area contributed by atoms with E-state index >= 15 is 0 Å². The van der Waals surface area contributed by atoms with Crippen LogP contribution in [0.15, 0.2) is 60.8 Å². The van der Waals surface area contributed by atoms with Gasteiger partial charge in [0.2, 0.25) is 0 Å². The molecule has 0 spiro atoms. The van der Waals surface area contributed by atoms with Gasteiger partial charge in [-0.3, -0.25) is 0 Å². The predicted molar refractivity (Wildman–Crippen MR) is 102 cm³/mol. The van der Waals surface area contributed by atoms with Crippen molar-refractivity contribution in [1.82, 2.24) is 15.0 Å². The van der Waals surface area contributed by atoms with Crippen LogP contribution in [0.5, 0.6) is 11.5 Å². The van der Waals surface area contributed by atoms with E-state index in [0.29, 0.717) is 17.3 Å². The average molecular weight is 346 g/mol. The van der Waals surface area contributed by atoms with Crippen LogP contribution >= 0.6 is 0 Å². The second kappa shape index (κ2) is 6.76. The molecule has 0 saturated carbocycles. The number of ether oxygens (including phenoxy) is 2. The van der Waals surface area contributed by atoms with Crippen LogP contribution in [0.3, 0.4) is 0 Å². The van der Waals surface area contributed by atoms with E-state index in [1.807, 2.05) is 54.6 Å². The standard InChI is InChI=1S/C20H18N4O2/c1-25-16-9-8-14(12-17(16)26-2)22-20-18-15(10-11-21-20)23-19(24-18)13-6-4-3-5-7-13/h3-12H,1-2H3,(H,21,22)(H,23,24). The Labute approximate surface area is 150 Å². The van der Waals surface area contributed by atoms with Gasteiger partial charge in [0.25, 0.3) is 0 Å². The van der Waals surface area contributed by atoms with E-state index in [2.05, 4.69) is 15.3 Å². The smallest absolute Gasteiger partial charge is 0.162 e. The first-order valence-corrected chi connectivity index (χ1v) is 8.17. The third kappa shape index (κ3) is 2.93. The molecule has 0 aliphatic rings. The number of fused-ring (bicyclic) bond motifs is 1. The van der Waals surface area contributed by atoms with Crippen molar-refractivity contribution < 1.29 is 9.47 Å². The Morgan fingerprint density at radius 1 is 0.923 bits per heavy atom. The number of nitrogens with one attached hydrogen (secondary N) is 2. The summed E-state index contributed by atoms with van der Waals surface area (Å²) < 4.78 is 10.6. The molecule has 0 radical (unpaired) electrons. The SMILES string of the molecule is COc1ccc(Nc2nccc3[nH]c(-c4ccccc4)nc23)cc1OC. The summed E-state index contributed by atoms with van der Waals surface area (Å²) in [6.07, 6.45) is 1.75. The molecule has 0 aliphatic heterocycles. The number of hydrogen-bond donors (Lipinski definition) is 2. The second-order valence-corrected chi connectivity index (χ2v) is 5.70. The zero-order chi connectivity index (χ0) is 17.9. The van der Waals surface area contributed by atoms with Crippen molar-refractivity contribution >= 4 is 22.5 Å². The van der Waals surface area contributed by atoms with Gasteiger partial charge in [-0.15, -0.1) is 0 Å². The van der Waals surface area contributed by atoms with E-state index in [4.69, 9.17) is 14.5 Å². The maximum absolute atomic E-state index is 5.36. The van der Waals surface area contributed by atoms with Crippen molar-refractivity contribution in [2.24, 2.45) is 0 Å². The molecule has 6 nitrogen and oxygen atoms in total. The lowest BCUT2D eigenvalue weighted by Crippen LogP contribution is -1.96. The molecular weight excluding hydrogens is 328 g/mol. The summed E-state index contributed by atoms with van der Waals surface area (Å²) in [6, 6.07) is 17.5. The van der Waals surface area contributed by atoms with Crippen molar-refractivity contribution in [3.8, 4) is 22.9 Å². The molecule has 4 aromatic rings. The van der Waals surface area contributed by atoms with Crippen LogP contribution in [0.1, 0.15) is 0 Å². The molecule has 0 atom stereocenters. The van der Waals surface area contributed by atoms with Crippen LogP contribution < -0.4 is 14.8 Å².